The van der Waals surface area contributed by atoms with Crippen LogP contribution in [-0.2, 0) is 23.9 Å². The fourth-order valence-electron chi connectivity index (χ4n) is 2.44. The first-order valence-electron chi connectivity index (χ1n) is 7.23. The standard InChI is InChI=1S/C13H21NO11/c1-5(17)24-7-2-13(23,12(21)22)25-11(10(20)6(18)3-15)9(7)14-8(19)4-16/h6-7,9-11,15-16,18,20,23H,2-4H2,1H3,(H,14,19)(H,21,22)/t6-,7+,9-,10-,11-,13?/m1/s1. The predicted octanol–water partition coefficient (Wildman–Crippen LogP) is -4.33. The highest BCUT2D eigenvalue weighted by molar-refractivity contribution is 5.78. The molecule has 1 heterocycles. The lowest BCUT2D eigenvalue weighted by molar-refractivity contribution is -0.296. The average Bonchev–Trinajstić information content (AvgIpc) is 2.54. The van der Waals surface area contributed by atoms with E-state index < -0.39 is 73.7 Å². The molecule has 12 nitrogen and oxygen atoms in total. The van der Waals surface area contributed by atoms with Crippen molar-refractivity contribution in [1.29, 1.82) is 0 Å². The first-order valence-corrected chi connectivity index (χ1v) is 7.23. The predicted molar refractivity (Wildman–Crippen MR) is 75.7 cm³/mol. The number of hydrogen-bond acceptors (Lipinski definition) is 10. The summed E-state index contributed by atoms with van der Waals surface area (Å²) in [4.78, 5) is 34.0. The van der Waals surface area contributed by atoms with E-state index in [4.69, 9.17) is 24.8 Å². The van der Waals surface area contributed by atoms with Crippen molar-refractivity contribution in [2.45, 2.75) is 49.6 Å². The second-order valence-electron chi connectivity index (χ2n) is 5.52. The summed E-state index contributed by atoms with van der Waals surface area (Å²) in [5.41, 5.74) is 0. The Morgan fingerprint density at radius 3 is 2.36 bits per heavy atom. The van der Waals surface area contributed by atoms with Gasteiger partial charge in [-0.2, -0.15) is 0 Å². The van der Waals surface area contributed by atoms with Crippen molar-refractivity contribution in [3.8, 4) is 0 Å². The number of carbonyl (C=O) groups excluding carboxylic acids is 2. The molecule has 0 spiro atoms. The highest BCUT2D eigenvalue weighted by Crippen LogP contribution is 2.32. The van der Waals surface area contributed by atoms with Crippen molar-refractivity contribution >= 4 is 17.8 Å². The Hall–Kier alpha value is -1.83. The molecule has 1 fully saturated rings. The summed E-state index contributed by atoms with van der Waals surface area (Å²) in [5.74, 6) is -6.59. The lowest BCUT2D eigenvalue weighted by atomic mass is 9.88. The van der Waals surface area contributed by atoms with Gasteiger partial charge in [0.25, 0.3) is 5.79 Å². The Morgan fingerprint density at radius 1 is 1.32 bits per heavy atom. The molecular formula is C13H21NO11. The van der Waals surface area contributed by atoms with E-state index >= 15 is 0 Å². The van der Waals surface area contributed by atoms with Crippen molar-refractivity contribution < 1.29 is 54.5 Å². The molecule has 6 atom stereocenters. The van der Waals surface area contributed by atoms with E-state index in [2.05, 4.69) is 5.32 Å². The van der Waals surface area contributed by atoms with E-state index in [1.165, 1.54) is 0 Å². The van der Waals surface area contributed by atoms with E-state index in [0.29, 0.717) is 0 Å². The molecule has 1 rings (SSSR count). The highest BCUT2D eigenvalue weighted by atomic mass is 16.7. The minimum Gasteiger partial charge on any atom is -0.477 e. The Labute approximate surface area is 141 Å². The largest absolute Gasteiger partial charge is 0.477 e. The van der Waals surface area contributed by atoms with Crippen LogP contribution in [0.15, 0.2) is 0 Å². The number of carboxylic acids is 1. The number of nitrogens with one attached hydrogen (secondary N) is 1. The molecule has 1 amide bonds. The quantitative estimate of drug-likeness (QED) is 0.214. The molecule has 0 aromatic carbocycles. The van der Waals surface area contributed by atoms with Crippen LogP contribution in [0.25, 0.3) is 0 Å². The van der Waals surface area contributed by atoms with Gasteiger partial charge in [-0.25, -0.2) is 4.79 Å². The third kappa shape index (κ3) is 5.07. The maximum Gasteiger partial charge on any atom is 0.364 e. The van der Waals surface area contributed by atoms with Crippen LogP contribution < -0.4 is 5.32 Å². The van der Waals surface area contributed by atoms with E-state index in [9.17, 15) is 29.7 Å². The molecule has 7 N–H and O–H groups in total. The summed E-state index contributed by atoms with van der Waals surface area (Å²) in [6.07, 6.45) is -7.81. The molecule has 0 aliphatic carbocycles. The van der Waals surface area contributed by atoms with Gasteiger partial charge in [0, 0.05) is 6.92 Å². The van der Waals surface area contributed by atoms with Crippen molar-refractivity contribution in [2.75, 3.05) is 13.2 Å². The fourth-order valence-corrected chi connectivity index (χ4v) is 2.44. The van der Waals surface area contributed by atoms with Crippen molar-refractivity contribution in [2.24, 2.45) is 0 Å². The van der Waals surface area contributed by atoms with E-state index in [1.807, 2.05) is 0 Å². The number of hydrogen-bond donors (Lipinski definition) is 7. The topological polar surface area (TPSA) is 203 Å². The summed E-state index contributed by atoms with van der Waals surface area (Å²) in [6, 6.07) is -1.42. The summed E-state index contributed by atoms with van der Waals surface area (Å²) in [5, 5.41) is 58.8. The molecule has 144 valence electrons. The Morgan fingerprint density at radius 2 is 1.92 bits per heavy atom. The first kappa shape index (κ1) is 21.2. The smallest absolute Gasteiger partial charge is 0.364 e. The van der Waals surface area contributed by atoms with Gasteiger partial charge in [-0.1, -0.05) is 0 Å². The number of carbonyl (C=O) groups is 3. The lowest BCUT2D eigenvalue weighted by Crippen LogP contribution is -2.68. The van der Waals surface area contributed by atoms with Crippen molar-refractivity contribution in [3.63, 3.8) is 0 Å². The summed E-state index contributed by atoms with van der Waals surface area (Å²) in [6.45, 7) is -0.919. The lowest BCUT2D eigenvalue weighted by Gasteiger charge is -2.45. The maximum absolute atomic E-state index is 11.5. The second kappa shape index (κ2) is 8.51. The third-order valence-corrected chi connectivity index (χ3v) is 3.60. The van der Waals surface area contributed by atoms with Gasteiger partial charge in [0.15, 0.2) is 0 Å². The average molecular weight is 367 g/mol. The number of amides is 1. The number of aliphatic hydroxyl groups is 5. The van der Waals surface area contributed by atoms with E-state index in [1.54, 1.807) is 0 Å². The second-order valence-corrected chi connectivity index (χ2v) is 5.52. The van der Waals surface area contributed by atoms with Crippen LogP contribution in [0.4, 0.5) is 0 Å². The van der Waals surface area contributed by atoms with Crippen LogP contribution in [0, 0.1) is 0 Å². The number of carboxylic acid groups (broad SMARTS) is 1. The highest BCUT2D eigenvalue weighted by Gasteiger charge is 2.55. The summed E-state index contributed by atoms with van der Waals surface area (Å²) >= 11 is 0. The summed E-state index contributed by atoms with van der Waals surface area (Å²) < 4.78 is 9.83. The van der Waals surface area contributed by atoms with Crippen LogP contribution in [0.1, 0.15) is 13.3 Å². The van der Waals surface area contributed by atoms with Gasteiger partial charge in [0.05, 0.1) is 19.1 Å². The normalized spacial score (nSPS) is 31.7. The third-order valence-electron chi connectivity index (χ3n) is 3.60. The van der Waals surface area contributed by atoms with Crippen LogP contribution in [0.3, 0.4) is 0 Å². The SMILES string of the molecule is CC(=O)O[C@H]1CC(O)(C(=O)O)O[C@@H]([C@H](O)[C@H](O)CO)[C@@H]1NC(=O)CO. The Kier molecular flexibility index (Phi) is 7.22. The van der Waals surface area contributed by atoms with Crippen LogP contribution in [0.2, 0.25) is 0 Å². The fraction of sp³-hybridized carbons (Fsp3) is 0.769. The molecular weight excluding hydrogens is 346 g/mol. The van der Waals surface area contributed by atoms with Gasteiger partial charge in [-0.05, 0) is 0 Å². The van der Waals surface area contributed by atoms with Gasteiger partial charge in [0.1, 0.15) is 31.0 Å². The van der Waals surface area contributed by atoms with Gasteiger partial charge in [0.2, 0.25) is 5.91 Å². The molecule has 1 saturated heterocycles. The molecule has 12 heteroatoms. The minimum atomic E-state index is -2.89. The molecule has 1 unspecified atom stereocenters. The Balaban J connectivity index is 3.27. The number of esters is 1. The first-order chi connectivity index (χ1) is 11.6. The molecule has 0 saturated carbocycles. The van der Waals surface area contributed by atoms with Crippen LogP contribution >= 0.6 is 0 Å². The number of rotatable bonds is 7. The zero-order valence-corrected chi connectivity index (χ0v) is 13.2. The van der Waals surface area contributed by atoms with Crippen LogP contribution in [0.5, 0.6) is 0 Å². The van der Waals surface area contributed by atoms with Crippen LogP contribution in [-0.4, -0.2) is 97.9 Å². The molecule has 1 aliphatic heterocycles. The van der Waals surface area contributed by atoms with Gasteiger partial charge in [-0.15, -0.1) is 0 Å². The van der Waals surface area contributed by atoms with Gasteiger partial charge in [-0.3, -0.25) is 9.59 Å². The molecule has 1 aliphatic rings. The molecule has 0 radical (unpaired) electrons. The number of ether oxygens (including phenoxy) is 2. The minimum absolute atomic E-state index is 0.795. The molecule has 0 aromatic rings. The summed E-state index contributed by atoms with van der Waals surface area (Å²) in [7, 11) is 0. The Bertz CT molecular complexity index is 512. The molecule has 0 bridgehead atoms. The number of aliphatic carboxylic acids is 1. The number of aliphatic hydroxyl groups excluding tert-OH is 4. The zero-order valence-electron chi connectivity index (χ0n) is 13.2. The van der Waals surface area contributed by atoms with E-state index in [0.717, 1.165) is 6.92 Å². The maximum atomic E-state index is 11.5. The zero-order chi connectivity index (χ0) is 19.4. The van der Waals surface area contributed by atoms with Crippen molar-refractivity contribution in [3.05, 3.63) is 0 Å². The molecule has 25 heavy (non-hydrogen) atoms. The van der Waals surface area contributed by atoms with Gasteiger partial charge >= 0.3 is 11.9 Å². The van der Waals surface area contributed by atoms with E-state index in [-0.39, 0.29) is 0 Å². The molecule has 0 aromatic heterocycles. The van der Waals surface area contributed by atoms with Gasteiger partial charge < -0.3 is 45.4 Å². The van der Waals surface area contributed by atoms with Crippen molar-refractivity contribution in [1.82, 2.24) is 5.32 Å². The monoisotopic (exact) mass is 367 g/mol.